The Bertz CT molecular complexity index is 576. The minimum absolute atomic E-state index is 0.298. The quantitative estimate of drug-likeness (QED) is 0.751. The largest absolute Gasteiger partial charge is 0.506 e. The number of aromatic hydroxyl groups is 1. The van der Waals surface area contributed by atoms with Gasteiger partial charge in [-0.3, -0.25) is 0 Å². The van der Waals surface area contributed by atoms with Crippen molar-refractivity contribution in [3.8, 4) is 5.75 Å². The van der Waals surface area contributed by atoms with Crippen molar-refractivity contribution >= 4 is 10.9 Å². The molecule has 2 heterocycles. The van der Waals surface area contributed by atoms with Crippen LogP contribution in [0.25, 0.3) is 10.9 Å². The fourth-order valence-corrected chi connectivity index (χ4v) is 3.07. The minimum Gasteiger partial charge on any atom is -0.506 e. The molecule has 18 heavy (non-hydrogen) atoms. The van der Waals surface area contributed by atoms with E-state index in [1.807, 2.05) is 19.2 Å². The standard InChI is InChI=1S/C14H19N3O/c1-17-11(13-10(8-15)5-6-16-13)7-9-3-2-4-12(18)14(9)17/h2-4,7,10,13,16,18H,5-6,8,15H2,1H3. The van der Waals surface area contributed by atoms with Crippen LogP contribution in [0.4, 0.5) is 0 Å². The topological polar surface area (TPSA) is 63.2 Å². The molecule has 0 amide bonds. The molecule has 1 aliphatic rings. The van der Waals surface area contributed by atoms with Crippen LogP contribution >= 0.6 is 0 Å². The van der Waals surface area contributed by atoms with Crippen molar-refractivity contribution in [3.63, 3.8) is 0 Å². The zero-order chi connectivity index (χ0) is 12.7. The second kappa shape index (κ2) is 4.30. The average Bonchev–Trinajstić information content (AvgIpc) is 2.94. The number of rotatable bonds is 2. The summed E-state index contributed by atoms with van der Waals surface area (Å²) in [6.07, 6.45) is 1.12. The molecule has 3 rings (SSSR count). The smallest absolute Gasteiger partial charge is 0.139 e. The highest BCUT2D eigenvalue weighted by Gasteiger charge is 2.29. The molecule has 1 aromatic carbocycles. The molecule has 0 radical (unpaired) electrons. The lowest BCUT2D eigenvalue weighted by Crippen LogP contribution is -2.25. The Morgan fingerprint density at radius 2 is 2.33 bits per heavy atom. The summed E-state index contributed by atoms with van der Waals surface area (Å²) in [5.41, 5.74) is 7.94. The number of phenols is 1. The van der Waals surface area contributed by atoms with E-state index in [4.69, 9.17) is 5.73 Å². The molecule has 1 saturated heterocycles. The molecule has 96 valence electrons. The molecule has 0 bridgehead atoms. The number of nitrogens with one attached hydrogen (secondary N) is 1. The lowest BCUT2D eigenvalue weighted by molar-refractivity contribution is 0.451. The first kappa shape index (κ1) is 11.6. The summed E-state index contributed by atoms with van der Waals surface area (Å²) in [4.78, 5) is 0. The SMILES string of the molecule is Cn1c(C2NCCC2CN)cc2cccc(O)c21. The lowest BCUT2D eigenvalue weighted by Gasteiger charge is -2.19. The molecule has 0 aliphatic carbocycles. The van der Waals surface area contributed by atoms with E-state index in [0.717, 1.165) is 23.9 Å². The van der Waals surface area contributed by atoms with Crippen LogP contribution in [-0.4, -0.2) is 22.8 Å². The van der Waals surface area contributed by atoms with Crippen LogP contribution in [0.2, 0.25) is 0 Å². The van der Waals surface area contributed by atoms with Gasteiger partial charge in [-0.2, -0.15) is 0 Å². The fourth-order valence-electron chi connectivity index (χ4n) is 3.07. The number of phenolic OH excluding ortho intramolecular Hbond substituents is 1. The van der Waals surface area contributed by atoms with Crippen LogP contribution in [0.5, 0.6) is 5.75 Å². The number of para-hydroxylation sites is 1. The number of aryl methyl sites for hydroxylation is 1. The van der Waals surface area contributed by atoms with Crippen molar-refractivity contribution in [3.05, 3.63) is 30.0 Å². The molecule has 0 spiro atoms. The second-order valence-corrected chi connectivity index (χ2v) is 5.06. The van der Waals surface area contributed by atoms with Gasteiger partial charge in [0, 0.05) is 18.1 Å². The molecular formula is C14H19N3O. The molecule has 1 aliphatic heterocycles. The third-order valence-electron chi connectivity index (χ3n) is 4.04. The number of nitrogens with two attached hydrogens (primary N) is 1. The minimum atomic E-state index is 0.298. The van der Waals surface area contributed by atoms with E-state index >= 15 is 0 Å². The Morgan fingerprint density at radius 3 is 3.06 bits per heavy atom. The van der Waals surface area contributed by atoms with Crippen LogP contribution in [-0.2, 0) is 7.05 Å². The van der Waals surface area contributed by atoms with Crippen LogP contribution in [0.1, 0.15) is 18.2 Å². The zero-order valence-corrected chi connectivity index (χ0v) is 10.6. The number of benzene rings is 1. The number of fused-ring (bicyclic) bond motifs is 1. The van der Waals surface area contributed by atoms with Gasteiger partial charge in [0.05, 0.1) is 11.6 Å². The van der Waals surface area contributed by atoms with E-state index in [1.54, 1.807) is 6.07 Å². The van der Waals surface area contributed by atoms with Gasteiger partial charge in [-0.05, 0) is 37.6 Å². The van der Waals surface area contributed by atoms with Gasteiger partial charge in [0.25, 0.3) is 0 Å². The van der Waals surface area contributed by atoms with Gasteiger partial charge in [0.1, 0.15) is 5.75 Å². The first-order chi connectivity index (χ1) is 8.72. The molecule has 4 N–H and O–H groups in total. The summed E-state index contributed by atoms with van der Waals surface area (Å²) in [7, 11) is 2.00. The van der Waals surface area contributed by atoms with Crippen LogP contribution in [0, 0.1) is 5.92 Å². The number of aromatic nitrogens is 1. The third-order valence-corrected chi connectivity index (χ3v) is 4.04. The van der Waals surface area contributed by atoms with Gasteiger partial charge in [0.15, 0.2) is 0 Å². The van der Waals surface area contributed by atoms with Crippen molar-refractivity contribution in [2.45, 2.75) is 12.5 Å². The van der Waals surface area contributed by atoms with Crippen molar-refractivity contribution in [2.24, 2.45) is 18.7 Å². The molecule has 1 fully saturated rings. The maximum Gasteiger partial charge on any atom is 0.139 e. The number of nitrogens with zero attached hydrogens (tertiary/aromatic N) is 1. The van der Waals surface area contributed by atoms with Crippen LogP contribution in [0.15, 0.2) is 24.3 Å². The molecule has 0 saturated carbocycles. The summed E-state index contributed by atoms with van der Waals surface area (Å²) in [6.45, 7) is 1.71. The molecule has 4 heteroatoms. The predicted octanol–water partition coefficient (Wildman–Crippen LogP) is 1.49. The first-order valence-electron chi connectivity index (χ1n) is 6.43. The number of hydrogen-bond donors (Lipinski definition) is 3. The second-order valence-electron chi connectivity index (χ2n) is 5.06. The van der Waals surface area contributed by atoms with Crippen LogP contribution in [0.3, 0.4) is 0 Å². The van der Waals surface area contributed by atoms with Crippen molar-refractivity contribution in [2.75, 3.05) is 13.1 Å². The van der Waals surface area contributed by atoms with Crippen molar-refractivity contribution < 1.29 is 5.11 Å². The average molecular weight is 245 g/mol. The predicted molar refractivity (Wildman–Crippen MR) is 72.5 cm³/mol. The Morgan fingerprint density at radius 1 is 1.50 bits per heavy atom. The maximum atomic E-state index is 9.97. The van der Waals surface area contributed by atoms with E-state index in [2.05, 4.69) is 16.0 Å². The maximum absolute atomic E-state index is 9.97. The molecule has 2 unspecified atom stereocenters. The molecule has 1 aromatic heterocycles. The first-order valence-corrected chi connectivity index (χ1v) is 6.43. The third kappa shape index (κ3) is 1.61. The van der Waals surface area contributed by atoms with Crippen molar-refractivity contribution in [1.82, 2.24) is 9.88 Å². The molecule has 2 aromatic rings. The summed E-state index contributed by atoms with van der Waals surface area (Å²) in [5, 5.41) is 14.6. The van der Waals surface area contributed by atoms with Gasteiger partial charge in [-0.1, -0.05) is 12.1 Å². The summed E-state index contributed by atoms with van der Waals surface area (Å²) in [5.74, 6) is 0.818. The van der Waals surface area contributed by atoms with E-state index in [9.17, 15) is 5.11 Å². The highest BCUT2D eigenvalue weighted by atomic mass is 16.3. The highest BCUT2D eigenvalue weighted by molar-refractivity contribution is 5.86. The number of hydrogen-bond acceptors (Lipinski definition) is 3. The van der Waals surface area contributed by atoms with Gasteiger partial charge >= 0.3 is 0 Å². The van der Waals surface area contributed by atoms with Gasteiger partial charge in [-0.15, -0.1) is 0 Å². The zero-order valence-electron chi connectivity index (χ0n) is 10.6. The van der Waals surface area contributed by atoms with E-state index in [-0.39, 0.29) is 0 Å². The van der Waals surface area contributed by atoms with E-state index in [1.165, 1.54) is 5.69 Å². The summed E-state index contributed by atoms with van der Waals surface area (Å²) >= 11 is 0. The Kier molecular flexibility index (Phi) is 2.76. The van der Waals surface area contributed by atoms with E-state index < -0.39 is 0 Å². The highest BCUT2D eigenvalue weighted by Crippen LogP contribution is 2.34. The van der Waals surface area contributed by atoms with E-state index in [0.29, 0.717) is 24.3 Å². The normalized spacial score (nSPS) is 23.9. The molecule has 2 atom stereocenters. The Hall–Kier alpha value is -1.52. The fraction of sp³-hybridized carbons (Fsp3) is 0.429. The van der Waals surface area contributed by atoms with Crippen molar-refractivity contribution in [1.29, 1.82) is 0 Å². The summed E-state index contributed by atoms with van der Waals surface area (Å²) in [6, 6.07) is 8.09. The Balaban J connectivity index is 2.13. The lowest BCUT2D eigenvalue weighted by atomic mass is 9.98. The molecule has 4 nitrogen and oxygen atoms in total. The van der Waals surface area contributed by atoms with Crippen LogP contribution < -0.4 is 11.1 Å². The Labute approximate surface area is 106 Å². The summed E-state index contributed by atoms with van der Waals surface area (Å²) < 4.78 is 2.08. The molecular weight excluding hydrogens is 226 g/mol. The van der Waals surface area contributed by atoms with Gasteiger partial charge in [-0.25, -0.2) is 0 Å². The van der Waals surface area contributed by atoms with Gasteiger partial charge in [0.2, 0.25) is 0 Å². The monoisotopic (exact) mass is 245 g/mol. The van der Waals surface area contributed by atoms with Gasteiger partial charge < -0.3 is 20.7 Å².